The van der Waals surface area contributed by atoms with Crippen LogP contribution in [0.5, 0.6) is 0 Å². The summed E-state index contributed by atoms with van der Waals surface area (Å²) in [6.45, 7) is 2.28. The number of aliphatic carboxylic acids is 1. The molecule has 2 heterocycles. The third-order valence-electron chi connectivity index (χ3n) is 3.94. The molecule has 110 valence electrons. The lowest BCUT2D eigenvalue weighted by Gasteiger charge is -2.16. The Balaban J connectivity index is 1.95. The molecule has 0 saturated carbocycles. The average molecular weight is 291 g/mol. The molecule has 1 saturated heterocycles. The molecule has 2 atom stereocenters. The number of halogens is 1. The van der Waals surface area contributed by atoms with Gasteiger partial charge in [0.1, 0.15) is 11.3 Å². The van der Waals surface area contributed by atoms with E-state index in [0.29, 0.717) is 17.6 Å². The molecule has 0 spiro atoms. The van der Waals surface area contributed by atoms with Gasteiger partial charge in [0, 0.05) is 13.1 Å². The number of imidazole rings is 1. The summed E-state index contributed by atoms with van der Waals surface area (Å²) in [5.41, 5.74) is 0.998. The smallest absolute Gasteiger partial charge is 0.308 e. The molecule has 2 N–H and O–H groups in total. The molecular weight excluding hydrogens is 277 g/mol. The SMILES string of the molecule is C[C@@H]1CN(C(=O)c2cc(F)cc3[nH]cnc23)C[C@H]1C(=O)O. The first kappa shape index (κ1) is 13.5. The van der Waals surface area contributed by atoms with E-state index in [4.69, 9.17) is 5.11 Å². The fraction of sp³-hybridized carbons (Fsp3) is 0.357. The minimum Gasteiger partial charge on any atom is -0.481 e. The standard InChI is InChI=1S/C14H14FN3O3/c1-7-4-18(5-10(7)14(20)21)13(19)9-2-8(15)3-11-12(9)17-6-16-11/h2-3,6-7,10H,4-5H2,1H3,(H,16,17)(H,20,21)/t7-,10-/m1/s1. The highest BCUT2D eigenvalue weighted by Gasteiger charge is 2.37. The minimum atomic E-state index is -0.915. The van der Waals surface area contributed by atoms with Gasteiger partial charge >= 0.3 is 5.97 Å². The van der Waals surface area contributed by atoms with Crippen molar-refractivity contribution in [3.8, 4) is 0 Å². The van der Waals surface area contributed by atoms with Gasteiger partial charge in [-0.15, -0.1) is 0 Å². The lowest BCUT2D eigenvalue weighted by Crippen LogP contribution is -2.30. The molecule has 0 radical (unpaired) electrons. The van der Waals surface area contributed by atoms with Crippen LogP contribution in [0.1, 0.15) is 17.3 Å². The number of carbonyl (C=O) groups is 2. The highest BCUT2D eigenvalue weighted by molar-refractivity contribution is 6.05. The maximum absolute atomic E-state index is 13.6. The number of benzene rings is 1. The van der Waals surface area contributed by atoms with E-state index in [-0.39, 0.29) is 23.9 Å². The molecule has 7 heteroatoms. The van der Waals surface area contributed by atoms with E-state index in [9.17, 15) is 14.0 Å². The third-order valence-corrected chi connectivity index (χ3v) is 3.94. The lowest BCUT2D eigenvalue weighted by atomic mass is 9.99. The van der Waals surface area contributed by atoms with Crippen molar-refractivity contribution in [1.82, 2.24) is 14.9 Å². The zero-order valence-corrected chi connectivity index (χ0v) is 11.3. The number of carboxylic acids is 1. The molecule has 1 aliphatic heterocycles. The van der Waals surface area contributed by atoms with Crippen molar-refractivity contribution in [2.24, 2.45) is 11.8 Å². The molecule has 0 bridgehead atoms. The number of hydrogen-bond acceptors (Lipinski definition) is 3. The molecule has 1 fully saturated rings. The highest BCUT2D eigenvalue weighted by atomic mass is 19.1. The van der Waals surface area contributed by atoms with Crippen molar-refractivity contribution in [3.05, 3.63) is 29.8 Å². The summed E-state index contributed by atoms with van der Waals surface area (Å²) in [6, 6.07) is 2.41. The molecule has 0 unspecified atom stereocenters. The van der Waals surface area contributed by atoms with E-state index >= 15 is 0 Å². The molecule has 3 rings (SSSR count). The average Bonchev–Trinajstić information content (AvgIpc) is 3.02. The fourth-order valence-corrected chi connectivity index (χ4v) is 2.80. The summed E-state index contributed by atoms with van der Waals surface area (Å²) in [6.07, 6.45) is 1.40. The number of likely N-dealkylation sites (tertiary alicyclic amines) is 1. The number of aromatic amines is 1. The van der Waals surface area contributed by atoms with Crippen LogP contribution in [0.25, 0.3) is 11.0 Å². The quantitative estimate of drug-likeness (QED) is 0.877. The number of amides is 1. The summed E-state index contributed by atoms with van der Waals surface area (Å²) in [5, 5.41) is 9.12. The van der Waals surface area contributed by atoms with Crippen molar-refractivity contribution in [2.45, 2.75) is 6.92 Å². The van der Waals surface area contributed by atoms with E-state index in [1.807, 2.05) is 0 Å². The van der Waals surface area contributed by atoms with Gasteiger partial charge < -0.3 is 15.0 Å². The number of fused-ring (bicyclic) bond motifs is 1. The van der Waals surface area contributed by atoms with Crippen LogP contribution in [0.2, 0.25) is 0 Å². The van der Waals surface area contributed by atoms with E-state index < -0.39 is 17.7 Å². The van der Waals surface area contributed by atoms with Crippen LogP contribution in [0.15, 0.2) is 18.5 Å². The zero-order valence-electron chi connectivity index (χ0n) is 11.3. The number of nitrogens with one attached hydrogen (secondary N) is 1. The van der Waals surface area contributed by atoms with Gasteiger partial charge in [-0.1, -0.05) is 6.92 Å². The van der Waals surface area contributed by atoms with Gasteiger partial charge in [-0.25, -0.2) is 9.37 Å². The van der Waals surface area contributed by atoms with Crippen LogP contribution in [-0.2, 0) is 4.79 Å². The number of hydrogen-bond donors (Lipinski definition) is 2. The fourth-order valence-electron chi connectivity index (χ4n) is 2.80. The summed E-state index contributed by atoms with van der Waals surface area (Å²) >= 11 is 0. The van der Waals surface area contributed by atoms with Gasteiger partial charge in [0.2, 0.25) is 0 Å². The van der Waals surface area contributed by atoms with Crippen molar-refractivity contribution < 1.29 is 19.1 Å². The first-order valence-electron chi connectivity index (χ1n) is 6.62. The molecule has 21 heavy (non-hydrogen) atoms. The largest absolute Gasteiger partial charge is 0.481 e. The van der Waals surface area contributed by atoms with Crippen molar-refractivity contribution in [3.63, 3.8) is 0 Å². The highest BCUT2D eigenvalue weighted by Crippen LogP contribution is 2.26. The third kappa shape index (κ3) is 2.24. The lowest BCUT2D eigenvalue weighted by molar-refractivity contribution is -0.142. The van der Waals surface area contributed by atoms with E-state index in [0.717, 1.165) is 6.07 Å². The number of rotatable bonds is 2. The Morgan fingerprint density at radius 1 is 1.43 bits per heavy atom. The second kappa shape index (κ2) is 4.83. The van der Waals surface area contributed by atoms with Crippen molar-refractivity contribution in [2.75, 3.05) is 13.1 Å². The summed E-state index contributed by atoms with van der Waals surface area (Å²) in [4.78, 5) is 31.9. The number of carboxylic acid groups (broad SMARTS) is 1. The van der Waals surface area contributed by atoms with Crippen LogP contribution in [0, 0.1) is 17.7 Å². The first-order chi connectivity index (χ1) is 9.97. The van der Waals surface area contributed by atoms with Gasteiger partial charge in [-0.05, 0) is 18.1 Å². The molecule has 6 nitrogen and oxygen atoms in total. The predicted molar refractivity (Wildman–Crippen MR) is 72.2 cm³/mol. The predicted octanol–water partition coefficient (Wildman–Crippen LogP) is 1.49. The topological polar surface area (TPSA) is 86.3 Å². The molecule has 2 aromatic rings. The van der Waals surface area contributed by atoms with Crippen LogP contribution in [0.3, 0.4) is 0 Å². The Labute approximate surface area is 119 Å². The number of aromatic nitrogens is 2. The first-order valence-corrected chi connectivity index (χ1v) is 6.62. The Morgan fingerprint density at radius 2 is 2.19 bits per heavy atom. The second-order valence-corrected chi connectivity index (χ2v) is 5.38. The zero-order chi connectivity index (χ0) is 15.1. The number of carbonyl (C=O) groups excluding carboxylic acids is 1. The molecule has 1 amide bonds. The Kier molecular flexibility index (Phi) is 3.12. The van der Waals surface area contributed by atoms with E-state index in [1.165, 1.54) is 17.3 Å². The van der Waals surface area contributed by atoms with Crippen molar-refractivity contribution >= 4 is 22.9 Å². The van der Waals surface area contributed by atoms with Gasteiger partial charge in [0.25, 0.3) is 5.91 Å². The Morgan fingerprint density at radius 3 is 2.86 bits per heavy atom. The van der Waals surface area contributed by atoms with Gasteiger partial charge in [-0.2, -0.15) is 0 Å². The minimum absolute atomic E-state index is 0.130. The van der Waals surface area contributed by atoms with Crippen LogP contribution < -0.4 is 0 Å². The maximum atomic E-state index is 13.6. The van der Waals surface area contributed by atoms with Crippen LogP contribution in [0.4, 0.5) is 4.39 Å². The second-order valence-electron chi connectivity index (χ2n) is 5.38. The summed E-state index contributed by atoms with van der Waals surface area (Å²) < 4.78 is 13.6. The molecule has 1 aliphatic rings. The molecule has 0 aliphatic carbocycles. The normalized spacial score (nSPS) is 21.9. The van der Waals surface area contributed by atoms with Crippen LogP contribution in [-0.4, -0.2) is 44.9 Å². The van der Waals surface area contributed by atoms with Gasteiger partial charge in [-0.3, -0.25) is 9.59 Å². The number of H-pyrrole nitrogens is 1. The Bertz CT molecular complexity index is 727. The maximum Gasteiger partial charge on any atom is 0.308 e. The summed E-state index contributed by atoms with van der Waals surface area (Å²) in [5.74, 6) is -2.55. The molecule has 1 aromatic carbocycles. The van der Waals surface area contributed by atoms with Crippen LogP contribution >= 0.6 is 0 Å². The molecular formula is C14H14FN3O3. The summed E-state index contributed by atoms with van der Waals surface area (Å²) in [7, 11) is 0. The van der Waals surface area contributed by atoms with Gasteiger partial charge in [0.05, 0.1) is 23.3 Å². The van der Waals surface area contributed by atoms with Crippen molar-refractivity contribution in [1.29, 1.82) is 0 Å². The Hall–Kier alpha value is -2.44. The van der Waals surface area contributed by atoms with E-state index in [2.05, 4.69) is 9.97 Å². The number of nitrogens with zero attached hydrogens (tertiary/aromatic N) is 2. The monoisotopic (exact) mass is 291 g/mol. The van der Waals surface area contributed by atoms with E-state index in [1.54, 1.807) is 6.92 Å². The molecule has 1 aromatic heterocycles. The van der Waals surface area contributed by atoms with Gasteiger partial charge in [0.15, 0.2) is 0 Å².